The van der Waals surface area contributed by atoms with Gasteiger partial charge in [-0.05, 0) is 30.2 Å². The summed E-state index contributed by atoms with van der Waals surface area (Å²) in [5.74, 6) is -0.297. The van der Waals surface area contributed by atoms with Gasteiger partial charge >= 0.3 is 0 Å². The minimum atomic E-state index is -0.939. The Morgan fingerprint density at radius 1 is 1.50 bits per heavy atom. The Morgan fingerprint density at radius 3 is 2.75 bits per heavy atom. The minimum Gasteiger partial charge on any atom is -0.387 e. The molecule has 1 N–H and O–H groups in total. The molecule has 0 aromatic heterocycles. The molecule has 90 valence electrons. The van der Waals surface area contributed by atoms with E-state index >= 15 is 0 Å². The number of aliphatic hydroxyl groups is 1. The van der Waals surface area contributed by atoms with E-state index in [4.69, 9.17) is 4.74 Å². The fourth-order valence-electron chi connectivity index (χ4n) is 1.58. The highest BCUT2D eigenvalue weighted by Gasteiger charge is 2.26. The third-order valence-electron chi connectivity index (χ3n) is 2.60. The van der Waals surface area contributed by atoms with Crippen LogP contribution in [0.4, 0.5) is 4.39 Å². The lowest BCUT2D eigenvalue weighted by Gasteiger charge is -2.26. The summed E-state index contributed by atoms with van der Waals surface area (Å²) in [6.07, 6.45) is 0.930. The van der Waals surface area contributed by atoms with Gasteiger partial charge in [0.25, 0.3) is 0 Å². The molecule has 1 rings (SSSR count). The number of methoxy groups -OCH3 is 1. The normalized spacial score (nSPS) is 14.8. The average Bonchev–Trinajstić information content (AvgIpc) is 2.24. The lowest BCUT2D eigenvalue weighted by molar-refractivity contribution is -0.0334. The number of benzene rings is 1. The van der Waals surface area contributed by atoms with Crippen molar-refractivity contribution < 1.29 is 14.2 Å². The maximum absolute atomic E-state index is 13.1. The van der Waals surface area contributed by atoms with Crippen LogP contribution in [0, 0.1) is 5.82 Å². The van der Waals surface area contributed by atoms with Crippen LogP contribution in [0.25, 0.3) is 0 Å². The van der Waals surface area contributed by atoms with E-state index in [9.17, 15) is 9.50 Å². The van der Waals surface area contributed by atoms with Crippen LogP contribution in [0.1, 0.15) is 18.9 Å². The summed E-state index contributed by atoms with van der Waals surface area (Å²) in [5, 5.41) is 10.2. The smallest absolute Gasteiger partial charge is 0.123 e. The predicted molar refractivity (Wildman–Crippen MR) is 64.9 cm³/mol. The summed E-state index contributed by atoms with van der Waals surface area (Å²) in [6.45, 7) is 2.12. The van der Waals surface area contributed by atoms with Crippen molar-refractivity contribution in [1.82, 2.24) is 0 Å². The quantitative estimate of drug-likeness (QED) is 0.904. The molecule has 1 aromatic rings. The molecule has 4 heteroatoms. The zero-order valence-electron chi connectivity index (χ0n) is 9.46. The van der Waals surface area contributed by atoms with Gasteiger partial charge in [-0.3, -0.25) is 0 Å². The van der Waals surface area contributed by atoms with E-state index in [2.05, 4.69) is 15.9 Å². The molecule has 1 aromatic carbocycles. The first-order valence-corrected chi connectivity index (χ1v) is 5.95. The molecule has 0 aliphatic carbocycles. The topological polar surface area (TPSA) is 29.5 Å². The van der Waals surface area contributed by atoms with Gasteiger partial charge in [0.1, 0.15) is 5.82 Å². The highest BCUT2D eigenvalue weighted by atomic mass is 79.9. The van der Waals surface area contributed by atoms with Gasteiger partial charge in [0.15, 0.2) is 0 Å². The van der Waals surface area contributed by atoms with Gasteiger partial charge in [-0.1, -0.05) is 22.9 Å². The Labute approximate surface area is 104 Å². The average molecular weight is 291 g/mol. The number of ether oxygens (including phenoxy) is 1. The van der Waals surface area contributed by atoms with Gasteiger partial charge in [0, 0.05) is 18.0 Å². The Morgan fingerprint density at radius 2 is 2.19 bits per heavy atom. The van der Waals surface area contributed by atoms with Crippen molar-refractivity contribution in [3.63, 3.8) is 0 Å². The van der Waals surface area contributed by atoms with Crippen LogP contribution in [0.5, 0.6) is 0 Å². The first kappa shape index (κ1) is 13.6. The SMILES string of the molecule is CCC(O)(COC)Cc1cc(F)ccc1Br. The lowest BCUT2D eigenvalue weighted by atomic mass is 9.93. The van der Waals surface area contributed by atoms with E-state index in [0.29, 0.717) is 12.8 Å². The van der Waals surface area contributed by atoms with Gasteiger partial charge in [-0.2, -0.15) is 0 Å². The number of hydrogen-bond acceptors (Lipinski definition) is 2. The highest BCUT2D eigenvalue weighted by Crippen LogP contribution is 2.24. The summed E-state index contributed by atoms with van der Waals surface area (Å²) in [4.78, 5) is 0. The van der Waals surface area contributed by atoms with Crippen LogP contribution in [-0.2, 0) is 11.2 Å². The third kappa shape index (κ3) is 3.54. The largest absolute Gasteiger partial charge is 0.387 e. The third-order valence-corrected chi connectivity index (χ3v) is 3.37. The molecule has 16 heavy (non-hydrogen) atoms. The standard InChI is InChI=1S/C12H16BrFO2/c1-3-12(15,8-16-2)7-9-6-10(14)4-5-11(9)13/h4-6,15H,3,7-8H2,1-2H3. The first-order chi connectivity index (χ1) is 7.50. The van der Waals surface area contributed by atoms with E-state index in [1.165, 1.54) is 12.1 Å². The predicted octanol–water partition coefficient (Wildman–Crippen LogP) is 2.92. The summed E-state index contributed by atoms with van der Waals surface area (Å²) < 4.78 is 18.9. The molecule has 0 aliphatic heterocycles. The molecule has 0 aliphatic rings. The van der Waals surface area contributed by atoms with E-state index in [0.717, 1.165) is 10.0 Å². The summed E-state index contributed by atoms with van der Waals surface area (Å²) in [7, 11) is 1.54. The van der Waals surface area contributed by atoms with Crippen LogP contribution in [0.15, 0.2) is 22.7 Å². The van der Waals surface area contributed by atoms with Crippen molar-refractivity contribution in [3.8, 4) is 0 Å². The Hall–Kier alpha value is -0.450. The molecule has 0 saturated heterocycles. The van der Waals surface area contributed by atoms with Crippen molar-refractivity contribution >= 4 is 15.9 Å². The van der Waals surface area contributed by atoms with E-state index in [1.54, 1.807) is 13.2 Å². The van der Waals surface area contributed by atoms with Crippen LogP contribution >= 0.6 is 15.9 Å². The van der Waals surface area contributed by atoms with Gasteiger partial charge in [-0.15, -0.1) is 0 Å². The molecule has 0 fully saturated rings. The maximum atomic E-state index is 13.1. The Kier molecular flexibility index (Phi) is 4.89. The van der Waals surface area contributed by atoms with Crippen molar-refractivity contribution in [2.75, 3.05) is 13.7 Å². The molecular weight excluding hydrogens is 275 g/mol. The fourth-order valence-corrected chi connectivity index (χ4v) is 1.97. The van der Waals surface area contributed by atoms with Gasteiger partial charge in [0.2, 0.25) is 0 Å². The molecular formula is C12H16BrFO2. The molecule has 0 heterocycles. The zero-order valence-corrected chi connectivity index (χ0v) is 11.1. The minimum absolute atomic E-state index is 0.243. The number of hydrogen-bond donors (Lipinski definition) is 1. The molecule has 0 radical (unpaired) electrons. The number of rotatable bonds is 5. The van der Waals surface area contributed by atoms with Crippen molar-refractivity contribution in [2.45, 2.75) is 25.4 Å². The summed E-state index contributed by atoms with van der Waals surface area (Å²) >= 11 is 3.34. The van der Waals surface area contributed by atoms with Gasteiger partial charge < -0.3 is 9.84 Å². The van der Waals surface area contributed by atoms with Crippen molar-refractivity contribution in [2.24, 2.45) is 0 Å². The van der Waals surface area contributed by atoms with E-state index < -0.39 is 5.60 Å². The summed E-state index contributed by atoms with van der Waals surface area (Å²) in [5.41, 5.74) is -0.188. The molecule has 2 nitrogen and oxygen atoms in total. The lowest BCUT2D eigenvalue weighted by Crippen LogP contribution is -2.36. The molecule has 0 spiro atoms. The van der Waals surface area contributed by atoms with Crippen molar-refractivity contribution in [1.29, 1.82) is 0 Å². The molecule has 0 amide bonds. The highest BCUT2D eigenvalue weighted by molar-refractivity contribution is 9.10. The summed E-state index contributed by atoms with van der Waals surface area (Å²) in [6, 6.07) is 4.46. The van der Waals surface area contributed by atoms with E-state index in [1.807, 2.05) is 6.92 Å². The van der Waals surface area contributed by atoms with Gasteiger partial charge in [-0.25, -0.2) is 4.39 Å². The van der Waals surface area contributed by atoms with Gasteiger partial charge in [0.05, 0.1) is 12.2 Å². The Bertz CT molecular complexity index is 357. The number of halogens is 2. The first-order valence-electron chi connectivity index (χ1n) is 5.16. The second-order valence-corrected chi connectivity index (χ2v) is 4.78. The second kappa shape index (κ2) is 5.75. The van der Waals surface area contributed by atoms with Crippen LogP contribution < -0.4 is 0 Å². The van der Waals surface area contributed by atoms with E-state index in [-0.39, 0.29) is 12.4 Å². The molecule has 0 saturated carbocycles. The molecule has 1 atom stereocenters. The van der Waals surface area contributed by atoms with Crippen LogP contribution in [0.2, 0.25) is 0 Å². The van der Waals surface area contributed by atoms with Crippen LogP contribution in [-0.4, -0.2) is 24.4 Å². The fraction of sp³-hybridized carbons (Fsp3) is 0.500. The van der Waals surface area contributed by atoms with Crippen LogP contribution in [0.3, 0.4) is 0 Å². The van der Waals surface area contributed by atoms with Crippen molar-refractivity contribution in [3.05, 3.63) is 34.1 Å². The Balaban J connectivity index is 2.89. The molecule has 1 unspecified atom stereocenters. The molecule has 0 bridgehead atoms. The second-order valence-electron chi connectivity index (χ2n) is 3.92. The monoisotopic (exact) mass is 290 g/mol. The zero-order chi connectivity index (χ0) is 12.2. The maximum Gasteiger partial charge on any atom is 0.123 e.